The van der Waals surface area contributed by atoms with Crippen molar-refractivity contribution in [1.29, 1.82) is 0 Å². The molecule has 5 nitrogen and oxygen atoms in total. The Labute approximate surface area is 234 Å². The molecule has 0 amide bonds. The van der Waals surface area contributed by atoms with Gasteiger partial charge in [-0.15, -0.1) is 0 Å². The van der Waals surface area contributed by atoms with Gasteiger partial charge in [0.05, 0.1) is 26.4 Å². The van der Waals surface area contributed by atoms with Gasteiger partial charge in [-0.25, -0.2) is 0 Å². The van der Waals surface area contributed by atoms with Crippen molar-refractivity contribution in [2.24, 2.45) is 0 Å². The molecule has 1 saturated heterocycles. The highest BCUT2D eigenvalue weighted by Gasteiger charge is 2.47. The lowest BCUT2D eigenvalue weighted by Crippen LogP contribution is -2.59. The number of thioether (sulfide) groups is 1. The van der Waals surface area contributed by atoms with Gasteiger partial charge in [-0.05, 0) is 28.8 Å². The van der Waals surface area contributed by atoms with Gasteiger partial charge in [0.2, 0.25) is 0 Å². The van der Waals surface area contributed by atoms with Gasteiger partial charge in [-0.1, -0.05) is 121 Å². The summed E-state index contributed by atoms with van der Waals surface area (Å²) in [4.78, 5) is 1.05. The quantitative estimate of drug-likeness (QED) is 0.228. The number of hydrogen-bond donors (Lipinski definition) is 1. The first kappa shape index (κ1) is 27.6. The van der Waals surface area contributed by atoms with Crippen LogP contribution in [0.5, 0.6) is 0 Å². The summed E-state index contributed by atoms with van der Waals surface area (Å²) in [6.07, 6.45) is -2.64. The van der Waals surface area contributed by atoms with E-state index in [9.17, 15) is 5.11 Å². The molecule has 6 heteroatoms. The van der Waals surface area contributed by atoms with Crippen LogP contribution in [0.3, 0.4) is 0 Å². The number of rotatable bonds is 12. The molecule has 1 aliphatic rings. The normalized spacial score (nSPS) is 22.9. The Morgan fingerprint density at radius 2 is 1.05 bits per heavy atom. The van der Waals surface area contributed by atoms with Gasteiger partial charge in [-0.2, -0.15) is 0 Å². The second-order valence-corrected chi connectivity index (χ2v) is 10.7. The van der Waals surface area contributed by atoms with Crippen LogP contribution in [0, 0.1) is 0 Å². The summed E-state index contributed by atoms with van der Waals surface area (Å²) >= 11 is 1.57. The fourth-order valence-corrected chi connectivity index (χ4v) is 5.67. The zero-order valence-corrected chi connectivity index (χ0v) is 22.6. The number of ether oxygens (including phenoxy) is 4. The molecule has 5 atom stereocenters. The highest BCUT2D eigenvalue weighted by atomic mass is 32.2. The first-order valence-corrected chi connectivity index (χ1v) is 14.1. The van der Waals surface area contributed by atoms with E-state index in [2.05, 4.69) is 0 Å². The van der Waals surface area contributed by atoms with E-state index in [-0.39, 0.29) is 6.61 Å². The van der Waals surface area contributed by atoms with Crippen molar-refractivity contribution in [2.45, 2.75) is 54.6 Å². The SMILES string of the molecule is O[C@H]1[C@H](OCc2ccccc2)[C@@H](OCc2ccccc2)[C@@H](Sc2ccccc2)O[C@@H]1COCc1ccccc1. The Bertz CT molecular complexity index is 1230. The maximum Gasteiger partial charge on any atom is 0.137 e. The minimum absolute atomic E-state index is 0.235. The van der Waals surface area contributed by atoms with Crippen molar-refractivity contribution in [3.8, 4) is 0 Å². The van der Waals surface area contributed by atoms with E-state index in [1.165, 1.54) is 0 Å². The third-order valence-electron chi connectivity index (χ3n) is 6.58. The Kier molecular flexibility index (Phi) is 10.2. The predicted molar refractivity (Wildman–Crippen MR) is 153 cm³/mol. The number of aliphatic hydroxyl groups excluding tert-OH is 1. The van der Waals surface area contributed by atoms with Gasteiger partial charge in [0, 0.05) is 4.90 Å². The van der Waals surface area contributed by atoms with Crippen molar-refractivity contribution in [2.75, 3.05) is 6.61 Å². The van der Waals surface area contributed by atoms with Crippen LogP contribution in [-0.4, -0.2) is 41.6 Å². The van der Waals surface area contributed by atoms with Crippen LogP contribution in [0.25, 0.3) is 0 Å². The molecule has 0 bridgehead atoms. The first-order valence-electron chi connectivity index (χ1n) is 13.2. The highest BCUT2D eigenvalue weighted by Crippen LogP contribution is 2.37. The van der Waals surface area contributed by atoms with E-state index in [4.69, 9.17) is 18.9 Å². The fraction of sp³-hybridized carbons (Fsp3) is 0.273. The number of hydrogen-bond acceptors (Lipinski definition) is 6. The molecule has 39 heavy (non-hydrogen) atoms. The minimum Gasteiger partial charge on any atom is -0.387 e. The molecule has 0 aromatic heterocycles. The molecule has 0 radical (unpaired) electrons. The van der Waals surface area contributed by atoms with Crippen LogP contribution >= 0.6 is 11.8 Å². The maximum absolute atomic E-state index is 11.5. The summed E-state index contributed by atoms with van der Waals surface area (Å²) in [5, 5.41) is 11.5. The third kappa shape index (κ3) is 8.02. The molecular formula is C33H34O5S. The predicted octanol–water partition coefficient (Wildman–Crippen LogP) is 6.25. The van der Waals surface area contributed by atoms with Crippen molar-refractivity contribution in [3.63, 3.8) is 0 Å². The zero-order chi connectivity index (χ0) is 26.7. The van der Waals surface area contributed by atoms with Crippen molar-refractivity contribution >= 4 is 11.8 Å². The molecule has 1 aliphatic heterocycles. The lowest BCUT2D eigenvalue weighted by molar-refractivity contribution is -0.240. The topological polar surface area (TPSA) is 57.2 Å². The Hall–Kier alpha value is -2.97. The lowest BCUT2D eigenvalue weighted by Gasteiger charge is -2.44. The lowest BCUT2D eigenvalue weighted by atomic mass is 9.99. The average Bonchev–Trinajstić information content (AvgIpc) is 2.99. The van der Waals surface area contributed by atoms with Gasteiger partial charge in [0.1, 0.15) is 29.9 Å². The second kappa shape index (κ2) is 14.4. The van der Waals surface area contributed by atoms with Gasteiger partial charge in [-0.3, -0.25) is 0 Å². The fourth-order valence-electron chi connectivity index (χ4n) is 4.52. The van der Waals surface area contributed by atoms with E-state index in [1.54, 1.807) is 11.8 Å². The second-order valence-electron chi connectivity index (χ2n) is 9.49. The smallest absolute Gasteiger partial charge is 0.137 e. The van der Waals surface area contributed by atoms with Crippen molar-refractivity contribution in [3.05, 3.63) is 138 Å². The van der Waals surface area contributed by atoms with E-state index in [1.807, 2.05) is 121 Å². The van der Waals surface area contributed by atoms with E-state index >= 15 is 0 Å². The summed E-state index contributed by atoms with van der Waals surface area (Å²) in [5.41, 5.74) is 2.73. The van der Waals surface area contributed by atoms with Crippen LogP contribution in [0.1, 0.15) is 16.7 Å². The number of benzene rings is 4. The highest BCUT2D eigenvalue weighted by molar-refractivity contribution is 7.99. The van der Waals surface area contributed by atoms with Gasteiger partial charge < -0.3 is 24.1 Å². The van der Waals surface area contributed by atoms with Gasteiger partial charge >= 0.3 is 0 Å². The zero-order valence-electron chi connectivity index (χ0n) is 21.8. The summed E-state index contributed by atoms with van der Waals surface area (Å²) in [5.74, 6) is 0. The Balaban J connectivity index is 1.36. The Morgan fingerprint density at radius 3 is 1.59 bits per heavy atom. The van der Waals surface area contributed by atoms with Crippen LogP contribution in [0.4, 0.5) is 0 Å². The summed E-state index contributed by atoms with van der Waals surface area (Å²) in [7, 11) is 0. The largest absolute Gasteiger partial charge is 0.387 e. The van der Waals surface area contributed by atoms with Crippen LogP contribution < -0.4 is 0 Å². The maximum atomic E-state index is 11.5. The minimum atomic E-state index is -0.933. The molecule has 5 rings (SSSR count). The average molecular weight is 543 g/mol. The first-order chi connectivity index (χ1) is 19.3. The number of aliphatic hydroxyl groups is 1. The van der Waals surface area contributed by atoms with Crippen LogP contribution in [0.15, 0.2) is 126 Å². The van der Waals surface area contributed by atoms with Crippen LogP contribution in [0.2, 0.25) is 0 Å². The summed E-state index contributed by atoms with van der Waals surface area (Å²) in [6, 6.07) is 40.1. The third-order valence-corrected chi connectivity index (χ3v) is 7.73. The van der Waals surface area contributed by atoms with Crippen molar-refractivity contribution in [1.82, 2.24) is 0 Å². The molecule has 0 unspecified atom stereocenters. The monoisotopic (exact) mass is 542 g/mol. The van der Waals surface area contributed by atoms with Gasteiger partial charge in [0.15, 0.2) is 0 Å². The molecule has 4 aromatic rings. The molecule has 1 N–H and O–H groups in total. The van der Waals surface area contributed by atoms with Crippen LogP contribution in [-0.2, 0) is 38.8 Å². The van der Waals surface area contributed by atoms with Gasteiger partial charge in [0.25, 0.3) is 0 Å². The molecule has 0 spiro atoms. The molecule has 0 saturated carbocycles. The molecule has 1 fully saturated rings. The van der Waals surface area contributed by atoms with E-state index in [0.717, 1.165) is 21.6 Å². The molecular weight excluding hydrogens is 508 g/mol. The molecule has 1 heterocycles. The van der Waals surface area contributed by atoms with E-state index in [0.29, 0.717) is 19.8 Å². The molecule has 0 aliphatic carbocycles. The summed E-state index contributed by atoms with van der Waals surface area (Å²) in [6.45, 7) is 1.41. The summed E-state index contributed by atoms with van der Waals surface area (Å²) < 4.78 is 25.4. The Morgan fingerprint density at radius 1 is 0.590 bits per heavy atom. The van der Waals surface area contributed by atoms with Crippen molar-refractivity contribution < 1.29 is 24.1 Å². The standard InChI is InChI=1S/C33H34O5S/c34-30-29(24-35-21-25-13-5-1-6-14-25)38-33(39-28-19-11-4-12-20-28)32(37-23-27-17-9-3-10-18-27)31(30)36-22-26-15-7-2-8-16-26/h1-20,29-34H,21-24H2/t29-,30-,31+,32-,33-/m1/s1. The molecule has 4 aromatic carbocycles. The molecule has 202 valence electrons. The van der Waals surface area contributed by atoms with E-state index < -0.39 is 29.9 Å².